The van der Waals surface area contributed by atoms with Gasteiger partial charge in [0.2, 0.25) is 5.91 Å². The molecule has 50 heavy (non-hydrogen) atoms. The molecule has 2 fully saturated rings. The number of hydrogen-bond acceptors (Lipinski definition) is 9. The van der Waals surface area contributed by atoms with E-state index in [0.717, 1.165) is 60.3 Å². The van der Waals surface area contributed by atoms with E-state index in [1.54, 1.807) is 18.3 Å². The maximum absolute atomic E-state index is 13.0. The van der Waals surface area contributed by atoms with Crippen LogP contribution in [0.2, 0.25) is 0 Å². The Balaban J connectivity index is 1.01. The molecule has 1 aliphatic carbocycles. The molecule has 0 atom stereocenters. The summed E-state index contributed by atoms with van der Waals surface area (Å²) in [6, 6.07) is 11.8. The monoisotopic (exact) mass is 700 g/mol. The second-order valence-corrected chi connectivity index (χ2v) is 14.3. The largest absolute Gasteiger partial charge is 0.393 e. The van der Waals surface area contributed by atoms with Gasteiger partial charge >= 0.3 is 6.18 Å². The Bertz CT molecular complexity index is 2140. The lowest BCUT2D eigenvalue weighted by Crippen LogP contribution is -2.42. The number of piperidine rings is 1. The number of carbonyl (C=O) groups excluding carboxylic acids is 1. The van der Waals surface area contributed by atoms with Crippen molar-refractivity contribution in [3.8, 4) is 6.07 Å². The molecule has 0 bridgehead atoms. The molecule has 2 aliphatic rings. The molecule has 5 heterocycles. The van der Waals surface area contributed by atoms with Crippen LogP contribution in [0.3, 0.4) is 0 Å². The van der Waals surface area contributed by atoms with E-state index < -0.39 is 18.2 Å². The van der Waals surface area contributed by atoms with Crippen LogP contribution in [0.5, 0.6) is 0 Å². The molecule has 7 rings (SSSR count). The number of fused-ring (bicyclic) bond motifs is 2. The van der Waals surface area contributed by atoms with E-state index in [1.165, 1.54) is 24.2 Å². The number of pyridine rings is 1. The lowest BCUT2D eigenvalue weighted by molar-refractivity contribution is -0.126. The molecule has 1 saturated heterocycles. The molecule has 4 aromatic heterocycles. The first-order chi connectivity index (χ1) is 23.9. The molecule has 0 radical (unpaired) electrons. The Kier molecular flexibility index (Phi) is 8.83. The van der Waals surface area contributed by atoms with Gasteiger partial charge in [0, 0.05) is 72.1 Å². The van der Waals surface area contributed by atoms with Crippen LogP contribution in [0.4, 0.5) is 24.7 Å². The number of hydrogen-bond donors (Lipinski definition) is 3. The molecule has 1 saturated carbocycles. The summed E-state index contributed by atoms with van der Waals surface area (Å²) in [7, 11) is 0. The van der Waals surface area contributed by atoms with E-state index in [-0.39, 0.29) is 22.9 Å². The topological polar surface area (TPSA) is 132 Å². The van der Waals surface area contributed by atoms with E-state index in [0.29, 0.717) is 45.8 Å². The zero-order valence-corrected chi connectivity index (χ0v) is 28.1. The average Bonchev–Trinajstić information content (AvgIpc) is 3.66. The van der Waals surface area contributed by atoms with Crippen molar-refractivity contribution in [3.05, 3.63) is 89.0 Å². The number of nitrogens with one attached hydrogen (secondary N) is 2. The highest BCUT2D eigenvalue weighted by Gasteiger charge is 2.46. The number of carbonyl (C=O) groups is 1. The smallest absolute Gasteiger partial charge is 0.385 e. The molecule has 5 aromatic rings. The van der Waals surface area contributed by atoms with Crippen molar-refractivity contribution in [1.82, 2.24) is 24.4 Å². The van der Waals surface area contributed by atoms with Crippen molar-refractivity contribution in [3.63, 3.8) is 0 Å². The predicted molar refractivity (Wildman–Crippen MR) is 186 cm³/mol. The van der Waals surface area contributed by atoms with E-state index in [4.69, 9.17) is 0 Å². The number of benzene rings is 1. The quantitative estimate of drug-likeness (QED) is 0.144. The molecule has 14 heteroatoms. The van der Waals surface area contributed by atoms with Crippen LogP contribution >= 0.6 is 11.3 Å². The normalized spacial score (nSPS) is 20.0. The van der Waals surface area contributed by atoms with Crippen LogP contribution in [-0.4, -0.2) is 60.7 Å². The van der Waals surface area contributed by atoms with Gasteiger partial charge in [-0.15, -0.1) is 11.3 Å². The van der Waals surface area contributed by atoms with Crippen molar-refractivity contribution in [2.24, 2.45) is 0 Å². The van der Waals surface area contributed by atoms with Gasteiger partial charge in [0.05, 0.1) is 29.3 Å². The van der Waals surface area contributed by atoms with Crippen molar-refractivity contribution < 1.29 is 23.1 Å². The first-order valence-corrected chi connectivity index (χ1v) is 17.2. The predicted octanol–water partition coefficient (Wildman–Crippen LogP) is 6.75. The van der Waals surface area contributed by atoms with Crippen LogP contribution < -0.4 is 10.6 Å². The molecular weight excluding hydrogens is 666 g/mol. The number of likely N-dealkylation sites (tertiary alicyclic amines) is 1. The van der Waals surface area contributed by atoms with Gasteiger partial charge in [0.1, 0.15) is 28.7 Å². The van der Waals surface area contributed by atoms with Gasteiger partial charge in [0.25, 0.3) is 0 Å². The highest BCUT2D eigenvalue weighted by atomic mass is 32.1. The van der Waals surface area contributed by atoms with Gasteiger partial charge in [0.15, 0.2) is 0 Å². The molecule has 1 aromatic carbocycles. The first-order valence-electron chi connectivity index (χ1n) is 16.4. The number of rotatable bonds is 9. The van der Waals surface area contributed by atoms with Gasteiger partial charge in [-0.1, -0.05) is 12.6 Å². The van der Waals surface area contributed by atoms with E-state index in [9.17, 15) is 28.3 Å². The highest BCUT2D eigenvalue weighted by Crippen LogP contribution is 2.50. The number of halogens is 3. The summed E-state index contributed by atoms with van der Waals surface area (Å²) < 4.78 is 40.9. The zero-order chi connectivity index (χ0) is 35.2. The number of aromatic nitrogens is 4. The van der Waals surface area contributed by atoms with Crippen LogP contribution in [0.25, 0.3) is 21.1 Å². The van der Waals surface area contributed by atoms with Gasteiger partial charge in [-0.3, -0.25) is 14.7 Å². The van der Waals surface area contributed by atoms with E-state index in [2.05, 4.69) is 62.2 Å². The lowest BCUT2D eigenvalue weighted by Gasteiger charge is -2.45. The molecule has 0 unspecified atom stereocenters. The van der Waals surface area contributed by atoms with Gasteiger partial charge in [-0.2, -0.15) is 18.4 Å². The summed E-state index contributed by atoms with van der Waals surface area (Å²) in [4.78, 5) is 27.6. The van der Waals surface area contributed by atoms with Crippen molar-refractivity contribution in [2.75, 3.05) is 23.7 Å². The van der Waals surface area contributed by atoms with E-state index >= 15 is 0 Å². The highest BCUT2D eigenvalue weighted by molar-refractivity contribution is 7.18. The molecule has 1 aliphatic heterocycles. The van der Waals surface area contributed by atoms with Crippen molar-refractivity contribution >= 4 is 49.9 Å². The Morgan fingerprint density at radius 3 is 2.68 bits per heavy atom. The maximum Gasteiger partial charge on any atom is 0.393 e. The molecule has 3 N–H and O–H groups in total. The molecule has 258 valence electrons. The Morgan fingerprint density at radius 2 is 1.96 bits per heavy atom. The number of thiophene rings is 1. The molecule has 1 amide bonds. The second-order valence-electron chi connectivity index (χ2n) is 13.2. The average molecular weight is 701 g/mol. The number of amides is 1. The molecule has 10 nitrogen and oxygen atoms in total. The third kappa shape index (κ3) is 6.68. The summed E-state index contributed by atoms with van der Waals surface area (Å²) in [5.74, 6) is 0.213. The number of alkyl halides is 3. The van der Waals surface area contributed by atoms with Crippen LogP contribution in [0.1, 0.15) is 59.0 Å². The van der Waals surface area contributed by atoms with Gasteiger partial charge < -0.3 is 20.3 Å². The van der Waals surface area contributed by atoms with Crippen LogP contribution in [0, 0.1) is 18.3 Å². The Labute approximate surface area is 290 Å². The van der Waals surface area contributed by atoms with Crippen LogP contribution in [0.15, 0.2) is 61.7 Å². The van der Waals surface area contributed by atoms with Crippen molar-refractivity contribution in [2.45, 2.75) is 69.4 Å². The fraction of sp³-hybridized carbons (Fsp3) is 0.361. The van der Waals surface area contributed by atoms with Gasteiger partial charge in [-0.25, -0.2) is 9.97 Å². The second kappa shape index (κ2) is 13.1. The summed E-state index contributed by atoms with van der Waals surface area (Å²) in [5, 5.41) is 29.3. The fourth-order valence-corrected chi connectivity index (χ4v) is 8.23. The molecule has 0 spiro atoms. The van der Waals surface area contributed by atoms with Crippen LogP contribution in [-0.2, 0) is 23.4 Å². The number of aryl methyl sites for hydroxylation is 1. The van der Waals surface area contributed by atoms with Crippen molar-refractivity contribution in [1.29, 1.82) is 5.26 Å². The lowest BCUT2D eigenvalue weighted by atomic mass is 9.71. The summed E-state index contributed by atoms with van der Waals surface area (Å²) in [6.45, 7) is 7.97. The third-order valence-corrected chi connectivity index (χ3v) is 10.9. The Morgan fingerprint density at radius 1 is 1.18 bits per heavy atom. The summed E-state index contributed by atoms with van der Waals surface area (Å²) in [5.41, 5.74) is 3.72. The minimum Gasteiger partial charge on any atom is -0.385 e. The van der Waals surface area contributed by atoms with E-state index in [1.807, 2.05) is 10.6 Å². The first kappa shape index (κ1) is 33.6. The summed E-state index contributed by atoms with van der Waals surface area (Å²) >= 11 is 1.05. The number of anilines is 2. The zero-order valence-electron chi connectivity index (χ0n) is 27.3. The minimum absolute atomic E-state index is 0.0863. The minimum atomic E-state index is -4.27. The Hall–Kier alpha value is -4.84. The maximum atomic E-state index is 13.0. The number of nitrogens with zero attached hydrogens (tertiary/aromatic N) is 6. The SMILES string of the molecule is C=CC(=O)Nc1cncc(C2(O)CC(n3c(C#N)cc4c(C)c(CN5CCC(Nc6ncnc7sc(CC(F)(F)F)cc67)CC5)ccc43)C2)c1. The molecular formula is C36H35F3N8O2S. The fourth-order valence-electron chi connectivity index (χ4n) is 7.21. The third-order valence-electron chi connectivity index (χ3n) is 9.84. The standard InChI is InChI=1S/C36H35F3N8O2S/c1-3-32(48)44-25-10-23(17-41-18-25)35(49)13-27(14-35)47-26(16-40)11-29-21(2)22(4-5-31(29)47)19-46-8-6-24(7-9-46)45-33-30-12-28(15-36(37,38)39)50-34(30)43-20-42-33/h3-5,10-12,17-18,20,24,27,49H,1,6-9,13-15,19H2,2H3,(H,44,48)(H,42,43,45). The number of nitriles is 1. The summed E-state index contributed by atoms with van der Waals surface area (Å²) in [6.07, 6.45) is 2.94. The van der Waals surface area contributed by atoms with Gasteiger partial charge in [-0.05, 0) is 61.2 Å². The number of aliphatic hydroxyl groups is 1.